The molecule has 25 heavy (non-hydrogen) atoms. The van der Waals surface area contributed by atoms with Gasteiger partial charge in [-0.25, -0.2) is 4.79 Å². The molecule has 0 spiro atoms. The number of methoxy groups -OCH3 is 1. The molecule has 1 aromatic rings. The lowest BCUT2D eigenvalue weighted by molar-refractivity contribution is -0.126. The van der Waals surface area contributed by atoms with Gasteiger partial charge >= 0.3 is 6.03 Å². The lowest BCUT2D eigenvalue weighted by atomic mass is 9.93. The minimum atomic E-state index is -0.230. The summed E-state index contributed by atoms with van der Waals surface area (Å²) in [6.45, 7) is 3.32. The van der Waals surface area contributed by atoms with Gasteiger partial charge in [0.15, 0.2) is 0 Å². The molecular formula is C18H24N4O3. The average molecular weight is 344 g/mol. The van der Waals surface area contributed by atoms with Crippen LogP contribution in [0.2, 0.25) is 0 Å². The molecule has 1 aromatic carbocycles. The van der Waals surface area contributed by atoms with E-state index in [9.17, 15) is 9.59 Å². The number of urea groups is 1. The average Bonchev–Trinajstić information content (AvgIpc) is 2.62. The normalized spacial score (nSPS) is 19.8. The second kappa shape index (κ2) is 9.04. The number of nitriles is 1. The quantitative estimate of drug-likeness (QED) is 0.798. The van der Waals surface area contributed by atoms with Gasteiger partial charge in [0, 0.05) is 31.9 Å². The molecule has 0 aliphatic carbocycles. The number of benzene rings is 1. The summed E-state index contributed by atoms with van der Waals surface area (Å²) in [6, 6.07) is 8.58. The van der Waals surface area contributed by atoms with Crippen LogP contribution in [0.5, 0.6) is 0 Å². The molecule has 0 saturated carbocycles. The summed E-state index contributed by atoms with van der Waals surface area (Å²) in [4.78, 5) is 26.5. The van der Waals surface area contributed by atoms with Gasteiger partial charge in [-0.3, -0.25) is 4.79 Å². The molecule has 1 aliphatic rings. The number of carbonyl (C=O) groups is 2. The fraction of sp³-hybridized carbons (Fsp3) is 0.500. The van der Waals surface area contributed by atoms with Crippen LogP contribution in [0.1, 0.15) is 25.3 Å². The van der Waals surface area contributed by atoms with E-state index in [4.69, 9.17) is 10.00 Å². The van der Waals surface area contributed by atoms with Crippen molar-refractivity contribution >= 4 is 17.6 Å². The molecule has 7 nitrogen and oxygen atoms in total. The Morgan fingerprint density at radius 1 is 1.32 bits per heavy atom. The van der Waals surface area contributed by atoms with E-state index in [1.54, 1.807) is 36.3 Å². The first-order valence-electron chi connectivity index (χ1n) is 8.39. The van der Waals surface area contributed by atoms with Crippen LogP contribution in [-0.4, -0.2) is 49.7 Å². The molecule has 0 aromatic heterocycles. The van der Waals surface area contributed by atoms with Gasteiger partial charge in [0.1, 0.15) is 0 Å². The summed E-state index contributed by atoms with van der Waals surface area (Å²) in [5.41, 5.74) is 1.17. The Bertz CT molecular complexity index is 639. The van der Waals surface area contributed by atoms with Gasteiger partial charge in [-0.2, -0.15) is 5.26 Å². The zero-order valence-corrected chi connectivity index (χ0v) is 14.6. The molecule has 2 unspecified atom stereocenters. The van der Waals surface area contributed by atoms with Gasteiger partial charge in [-0.1, -0.05) is 0 Å². The van der Waals surface area contributed by atoms with Crippen LogP contribution in [0.3, 0.4) is 0 Å². The van der Waals surface area contributed by atoms with Gasteiger partial charge in [0.2, 0.25) is 5.91 Å². The number of nitrogens with one attached hydrogen (secondary N) is 2. The summed E-state index contributed by atoms with van der Waals surface area (Å²) in [5.74, 6) is -0.250. The van der Waals surface area contributed by atoms with Crippen LogP contribution in [0.25, 0.3) is 0 Å². The highest BCUT2D eigenvalue weighted by Gasteiger charge is 2.32. The van der Waals surface area contributed by atoms with Crippen LogP contribution in [-0.2, 0) is 9.53 Å². The topological polar surface area (TPSA) is 94.5 Å². The molecule has 1 aliphatic heterocycles. The van der Waals surface area contributed by atoms with E-state index in [1.165, 1.54) is 0 Å². The van der Waals surface area contributed by atoms with E-state index in [2.05, 4.69) is 10.6 Å². The number of hydrogen-bond acceptors (Lipinski definition) is 4. The highest BCUT2D eigenvalue weighted by molar-refractivity contribution is 5.90. The Hall–Kier alpha value is -2.59. The molecule has 0 bridgehead atoms. The predicted octanol–water partition coefficient (Wildman–Crippen LogP) is 1.95. The van der Waals surface area contributed by atoms with Crippen molar-refractivity contribution in [2.24, 2.45) is 5.92 Å². The van der Waals surface area contributed by atoms with Crippen LogP contribution in [0.4, 0.5) is 10.5 Å². The molecule has 134 valence electrons. The minimum Gasteiger partial charge on any atom is -0.383 e. The monoisotopic (exact) mass is 344 g/mol. The van der Waals surface area contributed by atoms with Crippen LogP contribution in [0.15, 0.2) is 24.3 Å². The number of carbonyl (C=O) groups excluding carboxylic acids is 2. The third kappa shape index (κ3) is 5.19. The molecule has 2 N–H and O–H groups in total. The van der Waals surface area contributed by atoms with Gasteiger partial charge in [-0.15, -0.1) is 0 Å². The van der Waals surface area contributed by atoms with E-state index in [1.807, 2.05) is 13.0 Å². The summed E-state index contributed by atoms with van der Waals surface area (Å²) in [6.07, 6.45) is 1.55. The fourth-order valence-corrected chi connectivity index (χ4v) is 2.85. The van der Waals surface area contributed by atoms with Crippen LogP contribution in [0, 0.1) is 17.2 Å². The van der Waals surface area contributed by atoms with Gasteiger partial charge in [0.25, 0.3) is 0 Å². The number of ether oxygens (including phenoxy) is 1. The lowest BCUT2D eigenvalue weighted by Gasteiger charge is -2.37. The number of anilines is 1. The molecule has 1 fully saturated rings. The molecule has 0 radical (unpaired) electrons. The van der Waals surface area contributed by atoms with Gasteiger partial charge in [0.05, 0.1) is 24.2 Å². The molecule has 2 rings (SSSR count). The number of nitrogens with zero attached hydrogens (tertiary/aromatic N) is 2. The molecule has 1 heterocycles. The third-order valence-corrected chi connectivity index (χ3v) is 4.38. The van der Waals surface area contributed by atoms with E-state index >= 15 is 0 Å². The SMILES string of the molecule is COCCNC(=O)C1CCC(C)N(C(=O)Nc2ccc(C#N)cc2)C1. The number of likely N-dealkylation sites (tertiary alicyclic amines) is 1. The van der Waals surface area contributed by atoms with E-state index in [0.717, 1.165) is 12.8 Å². The third-order valence-electron chi connectivity index (χ3n) is 4.38. The highest BCUT2D eigenvalue weighted by atomic mass is 16.5. The Kier molecular flexibility index (Phi) is 6.78. The Morgan fingerprint density at radius 2 is 2.04 bits per heavy atom. The molecule has 1 saturated heterocycles. The number of hydrogen-bond donors (Lipinski definition) is 2. The largest absolute Gasteiger partial charge is 0.383 e. The highest BCUT2D eigenvalue weighted by Crippen LogP contribution is 2.23. The first kappa shape index (κ1) is 18.7. The van der Waals surface area contributed by atoms with Crippen molar-refractivity contribution in [3.05, 3.63) is 29.8 Å². The van der Waals surface area contributed by atoms with Crippen molar-refractivity contribution in [1.29, 1.82) is 5.26 Å². The maximum atomic E-state index is 12.6. The zero-order valence-electron chi connectivity index (χ0n) is 14.6. The van der Waals surface area contributed by atoms with Gasteiger partial charge < -0.3 is 20.3 Å². The fourth-order valence-electron chi connectivity index (χ4n) is 2.85. The summed E-state index contributed by atoms with van der Waals surface area (Å²) in [7, 11) is 1.59. The van der Waals surface area contributed by atoms with Crippen molar-refractivity contribution in [3.8, 4) is 6.07 Å². The standard InChI is InChI=1S/C18H24N4O3/c1-13-3-6-15(17(23)20-9-10-25-2)12-22(13)18(24)21-16-7-4-14(11-19)5-8-16/h4-5,7-8,13,15H,3,6,9-10,12H2,1-2H3,(H,20,23)(H,21,24). The maximum Gasteiger partial charge on any atom is 0.322 e. The Morgan fingerprint density at radius 3 is 2.68 bits per heavy atom. The first-order chi connectivity index (χ1) is 12.0. The van der Waals surface area contributed by atoms with Crippen LogP contribution >= 0.6 is 0 Å². The minimum absolute atomic E-state index is 0.0416. The van der Waals surface area contributed by atoms with E-state index in [0.29, 0.717) is 30.9 Å². The Labute approximate surface area is 147 Å². The van der Waals surface area contributed by atoms with Crippen LogP contribution < -0.4 is 10.6 Å². The molecule has 3 amide bonds. The van der Waals surface area contributed by atoms with Crippen molar-refractivity contribution < 1.29 is 14.3 Å². The molecular weight excluding hydrogens is 320 g/mol. The zero-order chi connectivity index (χ0) is 18.2. The Balaban J connectivity index is 1.94. The van der Waals surface area contributed by atoms with Crippen molar-refractivity contribution in [3.63, 3.8) is 0 Å². The van der Waals surface area contributed by atoms with Crippen molar-refractivity contribution in [2.45, 2.75) is 25.8 Å². The summed E-state index contributed by atoms with van der Waals surface area (Å²) in [5, 5.41) is 14.5. The lowest BCUT2D eigenvalue weighted by Crippen LogP contribution is -2.51. The summed E-state index contributed by atoms with van der Waals surface area (Å²) < 4.78 is 4.93. The van der Waals surface area contributed by atoms with E-state index < -0.39 is 0 Å². The van der Waals surface area contributed by atoms with Crippen molar-refractivity contribution in [2.75, 3.05) is 32.1 Å². The number of amides is 3. The molecule has 2 atom stereocenters. The predicted molar refractivity (Wildman–Crippen MR) is 94.0 cm³/mol. The van der Waals surface area contributed by atoms with Crippen molar-refractivity contribution in [1.82, 2.24) is 10.2 Å². The first-order valence-corrected chi connectivity index (χ1v) is 8.39. The number of piperidine rings is 1. The van der Waals surface area contributed by atoms with Gasteiger partial charge in [-0.05, 0) is 44.0 Å². The summed E-state index contributed by atoms with van der Waals surface area (Å²) >= 11 is 0. The second-order valence-electron chi connectivity index (χ2n) is 6.18. The smallest absolute Gasteiger partial charge is 0.322 e. The second-order valence-corrected chi connectivity index (χ2v) is 6.18. The van der Waals surface area contributed by atoms with E-state index in [-0.39, 0.29) is 23.9 Å². The maximum absolute atomic E-state index is 12.6. The molecule has 7 heteroatoms. The number of rotatable bonds is 5.